The molecule has 3 aromatic rings. The van der Waals surface area contributed by atoms with Crippen molar-refractivity contribution in [2.45, 2.75) is 40.3 Å². The van der Waals surface area contributed by atoms with Gasteiger partial charge >= 0.3 is 5.69 Å². The van der Waals surface area contributed by atoms with Crippen LogP contribution in [0.15, 0.2) is 36.5 Å². The van der Waals surface area contributed by atoms with Gasteiger partial charge in [0.25, 0.3) is 0 Å². The van der Waals surface area contributed by atoms with E-state index in [0.717, 1.165) is 17.0 Å². The first kappa shape index (κ1) is 19.3. The van der Waals surface area contributed by atoms with Gasteiger partial charge in [0.15, 0.2) is 0 Å². The third-order valence-corrected chi connectivity index (χ3v) is 4.49. The van der Waals surface area contributed by atoms with Crippen molar-refractivity contribution in [3.63, 3.8) is 0 Å². The molecular formula is C19H22N6O3. The topological polar surface area (TPSA) is 108 Å². The Kier molecular flexibility index (Phi) is 5.25. The SMILES string of the molecule is Cc1cc(C)n(Cc2cccc(NC(=O)C(C)n3cc([N+](=O)[O-])c(C)n3)c2)n1. The van der Waals surface area contributed by atoms with Crippen LogP contribution in [-0.4, -0.2) is 30.4 Å². The molecule has 9 heteroatoms. The van der Waals surface area contributed by atoms with Gasteiger partial charge in [-0.15, -0.1) is 0 Å². The number of rotatable bonds is 6. The molecule has 2 aromatic heterocycles. The molecule has 3 rings (SSSR count). The summed E-state index contributed by atoms with van der Waals surface area (Å²) in [5.74, 6) is -0.305. The third-order valence-electron chi connectivity index (χ3n) is 4.49. The van der Waals surface area contributed by atoms with Gasteiger partial charge in [0.05, 0.1) is 17.2 Å². The summed E-state index contributed by atoms with van der Waals surface area (Å²) in [7, 11) is 0. The van der Waals surface area contributed by atoms with Crippen molar-refractivity contribution in [3.05, 3.63) is 69.3 Å². The van der Waals surface area contributed by atoms with Crippen LogP contribution in [0.1, 0.15) is 35.6 Å². The smallest absolute Gasteiger partial charge is 0.309 e. The van der Waals surface area contributed by atoms with Crippen molar-refractivity contribution < 1.29 is 9.72 Å². The van der Waals surface area contributed by atoms with Gasteiger partial charge in [0.2, 0.25) is 5.91 Å². The van der Waals surface area contributed by atoms with Gasteiger partial charge in [-0.05, 0) is 51.5 Å². The predicted molar refractivity (Wildman–Crippen MR) is 104 cm³/mol. The van der Waals surface area contributed by atoms with E-state index in [0.29, 0.717) is 12.2 Å². The molecule has 0 spiro atoms. The number of nitro groups is 1. The molecule has 0 bridgehead atoms. The van der Waals surface area contributed by atoms with Crippen LogP contribution < -0.4 is 5.32 Å². The molecule has 0 saturated carbocycles. The first-order valence-electron chi connectivity index (χ1n) is 8.85. The van der Waals surface area contributed by atoms with E-state index in [1.165, 1.54) is 10.9 Å². The number of hydrogen-bond acceptors (Lipinski definition) is 5. The van der Waals surface area contributed by atoms with E-state index in [1.54, 1.807) is 19.9 Å². The summed E-state index contributed by atoms with van der Waals surface area (Å²) in [6.07, 6.45) is 1.28. The highest BCUT2D eigenvalue weighted by atomic mass is 16.6. The van der Waals surface area contributed by atoms with Crippen molar-refractivity contribution >= 4 is 17.3 Å². The van der Waals surface area contributed by atoms with Gasteiger partial charge in [-0.1, -0.05) is 12.1 Å². The minimum absolute atomic E-state index is 0.105. The van der Waals surface area contributed by atoms with Crippen LogP contribution in [0.2, 0.25) is 0 Å². The summed E-state index contributed by atoms with van der Waals surface area (Å²) < 4.78 is 3.22. The maximum Gasteiger partial charge on any atom is 0.309 e. The van der Waals surface area contributed by atoms with Crippen LogP contribution in [0.4, 0.5) is 11.4 Å². The van der Waals surface area contributed by atoms with Crippen LogP contribution in [-0.2, 0) is 11.3 Å². The van der Waals surface area contributed by atoms with Crippen molar-refractivity contribution in [2.24, 2.45) is 0 Å². The number of nitrogens with zero attached hydrogens (tertiary/aromatic N) is 5. The van der Waals surface area contributed by atoms with Gasteiger partial charge in [-0.3, -0.25) is 24.3 Å². The molecule has 9 nitrogen and oxygen atoms in total. The molecule has 28 heavy (non-hydrogen) atoms. The van der Waals surface area contributed by atoms with Crippen LogP contribution in [0.3, 0.4) is 0 Å². The number of amides is 1. The standard InChI is InChI=1S/C19H22N6O3/c1-12-8-13(2)23(21-12)10-16-6-5-7-17(9-16)20-19(26)15(4)24-11-18(25(27)28)14(3)22-24/h5-9,11,15H,10H2,1-4H3,(H,20,26). The lowest BCUT2D eigenvalue weighted by molar-refractivity contribution is -0.385. The summed E-state index contributed by atoms with van der Waals surface area (Å²) in [5.41, 5.74) is 3.84. The van der Waals surface area contributed by atoms with E-state index in [2.05, 4.69) is 15.5 Å². The van der Waals surface area contributed by atoms with E-state index in [1.807, 2.05) is 42.8 Å². The van der Waals surface area contributed by atoms with Crippen LogP contribution >= 0.6 is 0 Å². The van der Waals surface area contributed by atoms with Crippen molar-refractivity contribution in [1.82, 2.24) is 19.6 Å². The number of aromatic nitrogens is 4. The number of benzene rings is 1. The van der Waals surface area contributed by atoms with Crippen LogP contribution in [0, 0.1) is 30.9 Å². The fourth-order valence-electron chi connectivity index (χ4n) is 2.97. The quantitative estimate of drug-likeness (QED) is 0.520. The highest BCUT2D eigenvalue weighted by molar-refractivity contribution is 5.93. The van der Waals surface area contributed by atoms with E-state index >= 15 is 0 Å². The number of nitrogens with one attached hydrogen (secondary N) is 1. The Balaban J connectivity index is 1.72. The maximum atomic E-state index is 12.6. The predicted octanol–water partition coefficient (Wildman–Crippen LogP) is 3.16. The Hall–Kier alpha value is -3.49. The van der Waals surface area contributed by atoms with Gasteiger partial charge in [-0.2, -0.15) is 10.2 Å². The van der Waals surface area contributed by atoms with Crippen molar-refractivity contribution in [3.8, 4) is 0 Å². The lowest BCUT2D eigenvalue weighted by Gasteiger charge is -2.13. The number of aryl methyl sites for hydroxylation is 3. The molecule has 0 aliphatic carbocycles. The fourth-order valence-corrected chi connectivity index (χ4v) is 2.97. The highest BCUT2D eigenvalue weighted by Crippen LogP contribution is 2.20. The summed E-state index contributed by atoms with van der Waals surface area (Å²) >= 11 is 0. The molecular weight excluding hydrogens is 360 g/mol. The summed E-state index contributed by atoms with van der Waals surface area (Å²) in [4.78, 5) is 23.0. The van der Waals surface area contributed by atoms with Crippen molar-refractivity contribution in [1.29, 1.82) is 0 Å². The average Bonchev–Trinajstić information content (AvgIpc) is 3.16. The highest BCUT2D eigenvalue weighted by Gasteiger charge is 2.22. The Morgan fingerprint density at radius 3 is 2.61 bits per heavy atom. The second-order valence-corrected chi connectivity index (χ2v) is 6.79. The normalized spacial score (nSPS) is 12.0. The first-order chi connectivity index (χ1) is 13.2. The number of carbonyl (C=O) groups excluding carboxylic acids is 1. The molecule has 1 N–H and O–H groups in total. The van der Waals surface area contributed by atoms with Gasteiger partial charge < -0.3 is 5.32 Å². The zero-order valence-electron chi connectivity index (χ0n) is 16.2. The van der Waals surface area contributed by atoms with Crippen LogP contribution in [0.5, 0.6) is 0 Å². The maximum absolute atomic E-state index is 12.6. The fraction of sp³-hybridized carbons (Fsp3) is 0.316. The average molecular weight is 382 g/mol. The molecule has 1 amide bonds. The lowest BCUT2D eigenvalue weighted by atomic mass is 10.2. The third kappa shape index (κ3) is 4.08. The molecule has 1 unspecified atom stereocenters. The minimum atomic E-state index is -0.688. The van der Waals surface area contributed by atoms with Gasteiger partial charge in [0, 0.05) is 11.4 Å². The molecule has 0 aliphatic rings. The number of carbonyl (C=O) groups is 1. The second-order valence-electron chi connectivity index (χ2n) is 6.79. The van der Waals surface area contributed by atoms with Crippen molar-refractivity contribution in [2.75, 3.05) is 5.32 Å². The van der Waals surface area contributed by atoms with Gasteiger partial charge in [0.1, 0.15) is 17.9 Å². The Morgan fingerprint density at radius 2 is 2.00 bits per heavy atom. The summed E-state index contributed by atoms with van der Waals surface area (Å²) in [5, 5.41) is 22.4. The van der Waals surface area contributed by atoms with Gasteiger partial charge in [-0.25, -0.2) is 0 Å². The Labute approximate surface area is 162 Å². The Bertz CT molecular complexity index is 1040. The zero-order valence-corrected chi connectivity index (χ0v) is 16.2. The molecule has 1 atom stereocenters. The number of anilines is 1. The monoisotopic (exact) mass is 382 g/mol. The lowest BCUT2D eigenvalue weighted by Crippen LogP contribution is -2.24. The van der Waals surface area contributed by atoms with E-state index in [-0.39, 0.29) is 17.3 Å². The Morgan fingerprint density at radius 1 is 1.25 bits per heavy atom. The largest absolute Gasteiger partial charge is 0.324 e. The molecule has 2 heterocycles. The minimum Gasteiger partial charge on any atom is -0.324 e. The number of hydrogen-bond donors (Lipinski definition) is 1. The molecule has 1 aromatic carbocycles. The molecule has 0 saturated heterocycles. The van der Waals surface area contributed by atoms with E-state index in [4.69, 9.17) is 0 Å². The molecule has 0 radical (unpaired) electrons. The zero-order chi connectivity index (χ0) is 20.4. The summed E-state index contributed by atoms with van der Waals surface area (Å²) in [6, 6.07) is 8.84. The van der Waals surface area contributed by atoms with Crippen LogP contribution in [0.25, 0.3) is 0 Å². The van der Waals surface area contributed by atoms with E-state index in [9.17, 15) is 14.9 Å². The first-order valence-corrected chi connectivity index (χ1v) is 8.85. The molecule has 0 aliphatic heterocycles. The molecule has 146 valence electrons. The molecule has 0 fully saturated rings. The summed E-state index contributed by atoms with van der Waals surface area (Å²) in [6.45, 7) is 7.73. The second kappa shape index (κ2) is 7.63. The van der Waals surface area contributed by atoms with E-state index < -0.39 is 11.0 Å².